The zero-order chi connectivity index (χ0) is 15.4. The quantitative estimate of drug-likeness (QED) is 0.871. The van der Waals surface area contributed by atoms with Gasteiger partial charge in [0.1, 0.15) is 5.75 Å². The molecule has 1 heterocycles. The van der Waals surface area contributed by atoms with Crippen molar-refractivity contribution in [3.8, 4) is 5.75 Å². The molecule has 0 radical (unpaired) electrons. The van der Waals surface area contributed by atoms with Crippen LogP contribution in [-0.2, 0) is 0 Å². The minimum absolute atomic E-state index is 0.167. The van der Waals surface area contributed by atoms with Gasteiger partial charge in [0, 0.05) is 32.7 Å². The zero-order valence-electron chi connectivity index (χ0n) is 13.6. The van der Waals surface area contributed by atoms with Crippen molar-refractivity contribution in [3.63, 3.8) is 0 Å². The summed E-state index contributed by atoms with van der Waals surface area (Å²) in [5.41, 5.74) is 3.26. The van der Waals surface area contributed by atoms with E-state index in [-0.39, 0.29) is 6.10 Å². The summed E-state index contributed by atoms with van der Waals surface area (Å²) < 4.78 is 5.76. The van der Waals surface area contributed by atoms with Crippen molar-refractivity contribution in [1.29, 1.82) is 0 Å². The number of aliphatic hydroxyl groups excluding tert-OH is 1. The molecule has 4 heteroatoms. The highest BCUT2D eigenvalue weighted by molar-refractivity contribution is 5.42. The SMILES string of the molecule is Cc1cc(OC(C)C)cc(C)c1C(O)CN1CCNCC1. The van der Waals surface area contributed by atoms with Gasteiger partial charge >= 0.3 is 0 Å². The molecule has 1 unspecified atom stereocenters. The number of benzene rings is 1. The predicted octanol–water partition coefficient (Wildman–Crippen LogP) is 2.03. The molecule has 0 aliphatic carbocycles. The normalized spacial score (nSPS) is 18.0. The Morgan fingerprint density at radius 2 is 1.76 bits per heavy atom. The first-order valence-corrected chi connectivity index (χ1v) is 7.86. The molecule has 21 heavy (non-hydrogen) atoms. The van der Waals surface area contributed by atoms with E-state index in [1.54, 1.807) is 0 Å². The third kappa shape index (κ3) is 4.43. The molecular weight excluding hydrogens is 264 g/mol. The van der Waals surface area contributed by atoms with Gasteiger partial charge in [-0.05, 0) is 56.5 Å². The lowest BCUT2D eigenvalue weighted by Crippen LogP contribution is -2.45. The second kappa shape index (κ2) is 7.25. The number of hydrogen-bond acceptors (Lipinski definition) is 4. The van der Waals surface area contributed by atoms with Crippen molar-refractivity contribution in [3.05, 3.63) is 28.8 Å². The molecule has 0 saturated carbocycles. The van der Waals surface area contributed by atoms with Gasteiger partial charge in [0.2, 0.25) is 0 Å². The molecule has 0 aromatic heterocycles. The molecule has 2 N–H and O–H groups in total. The molecule has 0 amide bonds. The Hall–Kier alpha value is -1.10. The van der Waals surface area contributed by atoms with E-state index in [9.17, 15) is 5.11 Å². The Morgan fingerprint density at radius 3 is 2.29 bits per heavy atom. The number of ether oxygens (including phenoxy) is 1. The van der Waals surface area contributed by atoms with Crippen molar-refractivity contribution < 1.29 is 9.84 Å². The smallest absolute Gasteiger partial charge is 0.120 e. The first-order chi connectivity index (χ1) is 9.97. The lowest BCUT2D eigenvalue weighted by Gasteiger charge is -2.30. The summed E-state index contributed by atoms with van der Waals surface area (Å²) >= 11 is 0. The molecule has 4 nitrogen and oxygen atoms in total. The molecule has 0 spiro atoms. The molecule has 2 rings (SSSR count). The zero-order valence-corrected chi connectivity index (χ0v) is 13.6. The van der Waals surface area contributed by atoms with Gasteiger partial charge < -0.3 is 15.2 Å². The maximum absolute atomic E-state index is 10.6. The fourth-order valence-corrected chi connectivity index (χ4v) is 3.03. The van der Waals surface area contributed by atoms with E-state index in [4.69, 9.17) is 4.74 Å². The summed E-state index contributed by atoms with van der Waals surface area (Å²) in [6.45, 7) is 12.9. The van der Waals surface area contributed by atoms with E-state index in [1.807, 2.05) is 26.0 Å². The van der Waals surface area contributed by atoms with Crippen LogP contribution in [0.3, 0.4) is 0 Å². The Bertz CT molecular complexity index is 445. The van der Waals surface area contributed by atoms with Crippen molar-refractivity contribution in [2.75, 3.05) is 32.7 Å². The van der Waals surface area contributed by atoms with Crippen molar-refractivity contribution in [2.45, 2.75) is 39.9 Å². The first kappa shape index (κ1) is 16.3. The number of nitrogens with one attached hydrogen (secondary N) is 1. The lowest BCUT2D eigenvalue weighted by atomic mass is 9.97. The van der Waals surface area contributed by atoms with Gasteiger partial charge in [0.25, 0.3) is 0 Å². The second-order valence-electron chi connectivity index (χ2n) is 6.20. The minimum atomic E-state index is -0.434. The standard InChI is InChI=1S/C17H28N2O2/c1-12(2)21-15-9-13(3)17(14(4)10-15)16(20)11-19-7-5-18-6-8-19/h9-10,12,16,18,20H,5-8,11H2,1-4H3. The lowest BCUT2D eigenvalue weighted by molar-refractivity contribution is 0.104. The number of hydrogen-bond donors (Lipinski definition) is 2. The summed E-state index contributed by atoms with van der Waals surface area (Å²) in [6.07, 6.45) is -0.267. The topological polar surface area (TPSA) is 44.7 Å². The molecule has 118 valence electrons. The van der Waals surface area contributed by atoms with E-state index in [0.717, 1.165) is 48.6 Å². The van der Waals surface area contributed by atoms with Crippen LogP contribution in [0.4, 0.5) is 0 Å². The van der Waals surface area contributed by atoms with E-state index in [1.165, 1.54) is 0 Å². The largest absolute Gasteiger partial charge is 0.491 e. The van der Waals surface area contributed by atoms with Gasteiger partial charge in [-0.15, -0.1) is 0 Å². The Kier molecular flexibility index (Phi) is 5.62. The van der Waals surface area contributed by atoms with Gasteiger partial charge in [0.15, 0.2) is 0 Å². The Balaban J connectivity index is 2.10. The van der Waals surface area contributed by atoms with Crippen LogP contribution >= 0.6 is 0 Å². The van der Waals surface area contributed by atoms with Crippen LogP contribution in [0.15, 0.2) is 12.1 Å². The highest BCUT2D eigenvalue weighted by Crippen LogP contribution is 2.28. The fourth-order valence-electron chi connectivity index (χ4n) is 3.03. The second-order valence-corrected chi connectivity index (χ2v) is 6.20. The number of rotatable bonds is 5. The summed E-state index contributed by atoms with van der Waals surface area (Å²) in [7, 11) is 0. The van der Waals surface area contributed by atoms with Crippen LogP contribution in [0.1, 0.15) is 36.6 Å². The van der Waals surface area contributed by atoms with Crippen LogP contribution in [0.5, 0.6) is 5.75 Å². The molecule has 1 aliphatic heterocycles. The molecule has 0 bridgehead atoms. The first-order valence-electron chi connectivity index (χ1n) is 7.86. The Labute approximate surface area is 128 Å². The van der Waals surface area contributed by atoms with E-state index in [0.29, 0.717) is 6.54 Å². The number of piperazine rings is 1. The molecule has 1 fully saturated rings. The summed E-state index contributed by atoms with van der Waals surface area (Å²) in [5, 5.41) is 13.9. The number of nitrogens with zero attached hydrogens (tertiary/aromatic N) is 1. The van der Waals surface area contributed by atoms with E-state index >= 15 is 0 Å². The summed E-state index contributed by atoms with van der Waals surface area (Å²) in [6, 6.07) is 4.06. The van der Waals surface area contributed by atoms with Crippen LogP contribution in [0.2, 0.25) is 0 Å². The van der Waals surface area contributed by atoms with Crippen molar-refractivity contribution >= 4 is 0 Å². The average Bonchev–Trinajstić information content (AvgIpc) is 2.38. The summed E-state index contributed by atoms with van der Waals surface area (Å²) in [5.74, 6) is 0.887. The van der Waals surface area contributed by atoms with Crippen LogP contribution in [-0.4, -0.2) is 48.8 Å². The van der Waals surface area contributed by atoms with Crippen LogP contribution < -0.4 is 10.1 Å². The number of β-amino-alcohol motifs (C(OH)–C–C–N with tert-alkyl or cyclic N) is 1. The molecule has 1 aliphatic rings. The van der Waals surface area contributed by atoms with Gasteiger partial charge in [-0.25, -0.2) is 0 Å². The van der Waals surface area contributed by atoms with Crippen LogP contribution in [0.25, 0.3) is 0 Å². The molecule has 1 atom stereocenters. The maximum atomic E-state index is 10.6. The van der Waals surface area contributed by atoms with Crippen LogP contribution in [0, 0.1) is 13.8 Å². The Morgan fingerprint density at radius 1 is 1.19 bits per heavy atom. The average molecular weight is 292 g/mol. The molecular formula is C17H28N2O2. The summed E-state index contributed by atoms with van der Waals surface area (Å²) in [4.78, 5) is 2.32. The van der Waals surface area contributed by atoms with Crippen molar-refractivity contribution in [1.82, 2.24) is 10.2 Å². The highest BCUT2D eigenvalue weighted by atomic mass is 16.5. The van der Waals surface area contributed by atoms with Gasteiger partial charge in [-0.3, -0.25) is 4.90 Å². The molecule has 1 saturated heterocycles. The number of aliphatic hydroxyl groups is 1. The van der Waals surface area contributed by atoms with E-state index in [2.05, 4.69) is 24.1 Å². The highest BCUT2D eigenvalue weighted by Gasteiger charge is 2.19. The third-order valence-corrected chi connectivity index (χ3v) is 3.91. The number of aryl methyl sites for hydroxylation is 2. The molecule has 1 aromatic carbocycles. The van der Waals surface area contributed by atoms with Gasteiger partial charge in [-0.2, -0.15) is 0 Å². The van der Waals surface area contributed by atoms with Gasteiger partial charge in [0.05, 0.1) is 12.2 Å². The van der Waals surface area contributed by atoms with E-state index < -0.39 is 6.10 Å². The third-order valence-electron chi connectivity index (χ3n) is 3.91. The van der Waals surface area contributed by atoms with Crippen molar-refractivity contribution in [2.24, 2.45) is 0 Å². The monoisotopic (exact) mass is 292 g/mol. The molecule has 1 aromatic rings. The predicted molar refractivity (Wildman–Crippen MR) is 85.9 cm³/mol. The van der Waals surface area contributed by atoms with Gasteiger partial charge in [-0.1, -0.05) is 0 Å². The fraction of sp³-hybridized carbons (Fsp3) is 0.647. The minimum Gasteiger partial charge on any atom is -0.491 e. The maximum Gasteiger partial charge on any atom is 0.120 e.